The Morgan fingerprint density at radius 1 is 1.69 bits per heavy atom. The molecule has 3 heteroatoms. The SMILES string of the molecule is Cc1oncc1CN1CCC2CC21. The van der Waals surface area contributed by atoms with Gasteiger partial charge in [0.25, 0.3) is 0 Å². The van der Waals surface area contributed by atoms with Crippen LogP contribution < -0.4 is 0 Å². The summed E-state index contributed by atoms with van der Waals surface area (Å²) in [6, 6.07) is 0.884. The molecule has 1 aliphatic carbocycles. The van der Waals surface area contributed by atoms with Crippen molar-refractivity contribution in [2.24, 2.45) is 5.92 Å². The second kappa shape index (κ2) is 2.58. The van der Waals surface area contributed by atoms with Crippen molar-refractivity contribution >= 4 is 0 Å². The number of piperidine rings is 1. The van der Waals surface area contributed by atoms with Crippen molar-refractivity contribution in [1.82, 2.24) is 10.1 Å². The average molecular weight is 178 g/mol. The molecule has 2 unspecified atom stereocenters. The van der Waals surface area contributed by atoms with Gasteiger partial charge < -0.3 is 4.52 Å². The Hall–Kier alpha value is -0.830. The average Bonchev–Trinajstić information content (AvgIpc) is 2.65. The molecule has 70 valence electrons. The van der Waals surface area contributed by atoms with E-state index in [2.05, 4.69) is 10.1 Å². The highest BCUT2D eigenvalue weighted by molar-refractivity contribution is 5.13. The third kappa shape index (κ3) is 1.18. The van der Waals surface area contributed by atoms with E-state index in [9.17, 15) is 0 Å². The zero-order valence-corrected chi connectivity index (χ0v) is 7.86. The largest absolute Gasteiger partial charge is 0.361 e. The maximum atomic E-state index is 5.05. The number of rotatable bonds is 2. The molecule has 0 radical (unpaired) electrons. The lowest BCUT2D eigenvalue weighted by atomic mass is 10.2. The van der Waals surface area contributed by atoms with Gasteiger partial charge in [-0.25, -0.2) is 0 Å². The molecule has 2 fully saturated rings. The Labute approximate surface area is 77.7 Å². The van der Waals surface area contributed by atoms with Crippen LogP contribution >= 0.6 is 0 Å². The van der Waals surface area contributed by atoms with E-state index in [1.54, 1.807) is 0 Å². The Kier molecular flexibility index (Phi) is 1.50. The van der Waals surface area contributed by atoms with Gasteiger partial charge in [-0.3, -0.25) is 4.90 Å². The topological polar surface area (TPSA) is 29.3 Å². The van der Waals surface area contributed by atoms with Crippen molar-refractivity contribution in [3.8, 4) is 0 Å². The summed E-state index contributed by atoms with van der Waals surface area (Å²) in [4.78, 5) is 2.56. The van der Waals surface area contributed by atoms with E-state index in [4.69, 9.17) is 4.52 Å². The molecule has 2 atom stereocenters. The van der Waals surface area contributed by atoms with Gasteiger partial charge in [-0.15, -0.1) is 0 Å². The first kappa shape index (κ1) is 7.56. The third-order valence-corrected chi connectivity index (χ3v) is 3.37. The van der Waals surface area contributed by atoms with Crippen LogP contribution in [0.4, 0.5) is 0 Å². The molecule has 0 N–H and O–H groups in total. The summed E-state index contributed by atoms with van der Waals surface area (Å²) >= 11 is 0. The number of aryl methyl sites for hydroxylation is 1. The minimum absolute atomic E-state index is 0.884. The van der Waals surface area contributed by atoms with Crippen molar-refractivity contribution < 1.29 is 4.52 Å². The van der Waals surface area contributed by atoms with E-state index in [0.29, 0.717) is 0 Å². The minimum atomic E-state index is 0.884. The second-order valence-electron chi connectivity index (χ2n) is 4.23. The zero-order chi connectivity index (χ0) is 8.84. The Morgan fingerprint density at radius 2 is 2.62 bits per heavy atom. The van der Waals surface area contributed by atoms with Gasteiger partial charge in [0.15, 0.2) is 0 Å². The predicted octanol–water partition coefficient (Wildman–Crippen LogP) is 1.58. The Morgan fingerprint density at radius 3 is 3.15 bits per heavy atom. The molecule has 3 nitrogen and oxygen atoms in total. The van der Waals surface area contributed by atoms with Crippen LogP contribution in [0.25, 0.3) is 0 Å². The number of fused-ring (bicyclic) bond motifs is 1. The van der Waals surface area contributed by atoms with Crippen LogP contribution in [0, 0.1) is 12.8 Å². The summed E-state index contributed by atoms with van der Waals surface area (Å²) in [5.74, 6) is 1.99. The van der Waals surface area contributed by atoms with E-state index in [1.165, 1.54) is 24.9 Å². The first-order valence-corrected chi connectivity index (χ1v) is 4.99. The number of aromatic nitrogens is 1. The molecule has 1 saturated carbocycles. The van der Waals surface area contributed by atoms with Gasteiger partial charge in [0, 0.05) is 18.2 Å². The van der Waals surface area contributed by atoms with Crippen LogP contribution in [-0.4, -0.2) is 22.6 Å². The Balaban J connectivity index is 1.72. The van der Waals surface area contributed by atoms with E-state index in [1.807, 2.05) is 13.1 Å². The number of hydrogen-bond acceptors (Lipinski definition) is 3. The summed E-state index contributed by atoms with van der Waals surface area (Å²) in [6.45, 7) is 4.29. The zero-order valence-electron chi connectivity index (χ0n) is 7.86. The Bertz CT molecular complexity index is 320. The van der Waals surface area contributed by atoms with Gasteiger partial charge in [0.05, 0.1) is 6.20 Å². The van der Waals surface area contributed by atoms with Crippen LogP contribution in [-0.2, 0) is 6.54 Å². The predicted molar refractivity (Wildman–Crippen MR) is 48.2 cm³/mol. The lowest BCUT2D eigenvalue weighted by molar-refractivity contribution is 0.289. The van der Waals surface area contributed by atoms with E-state index >= 15 is 0 Å². The molecule has 0 aromatic carbocycles. The summed E-state index contributed by atoms with van der Waals surface area (Å²) < 4.78 is 5.05. The van der Waals surface area contributed by atoms with Gasteiger partial charge in [0.2, 0.25) is 0 Å². The van der Waals surface area contributed by atoms with Crippen LogP contribution in [0.5, 0.6) is 0 Å². The molecule has 1 aromatic heterocycles. The smallest absolute Gasteiger partial charge is 0.138 e. The third-order valence-electron chi connectivity index (χ3n) is 3.37. The monoisotopic (exact) mass is 178 g/mol. The van der Waals surface area contributed by atoms with Crippen molar-refractivity contribution in [1.29, 1.82) is 0 Å². The van der Waals surface area contributed by atoms with Crippen molar-refractivity contribution in [3.05, 3.63) is 17.5 Å². The van der Waals surface area contributed by atoms with E-state index in [0.717, 1.165) is 24.3 Å². The van der Waals surface area contributed by atoms with Gasteiger partial charge >= 0.3 is 0 Å². The first-order valence-electron chi connectivity index (χ1n) is 4.99. The molecular weight excluding hydrogens is 164 g/mol. The number of hydrogen-bond donors (Lipinski definition) is 0. The van der Waals surface area contributed by atoms with E-state index in [-0.39, 0.29) is 0 Å². The highest BCUT2D eigenvalue weighted by Crippen LogP contribution is 2.44. The van der Waals surface area contributed by atoms with Crippen molar-refractivity contribution in [2.75, 3.05) is 6.54 Å². The molecular formula is C10H14N2O. The fourth-order valence-electron chi connectivity index (χ4n) is 2.37. The van der Waals surface area contributed by atoms with Gasteiger partial charge in [-0.2, -0.15) is 0 Å². The lowest BCUT2D eigenvalue weighted by Crippen LogP contribution is -2.22. The fourth-order valence-corrected chi connectivity index (χ4v) is 2.37. The standard InChI is InChI=1S/C10H14N2O/c1-7-9(5-11-13-7)6-12-3-2-8-4-10(8)12/h5,8,10H,2-4,6H2,1H3. The summed E-state index contributed by atoms with van der Waals surface area (Å²) in [5, 5.41) is 3.80. The highest BCUT2D eigenvalue weighted by Gasteiger charge is 2.46. The number of likely N-dealkylation sites (tertiary alicyclic amines) is 1. The molecule has 0 spiro atoms. The minimum Gasteiger partial charge on any atom is -0.361 e. The molecule has 1 aromatic rings. The highest BCUT2D eigenvalue weighted by atomic mass is 16.5. The van der Waals surface area contributed by atoms with Gasteiger partial charge in [-0.1, -0.05) is 5.16 Å². The van der Waals surface area contributed by atoms with Crippen LogP contribution in [0.1, 0.15) is 24.2 Å². The van der Waals surface area contributed by atoms with Crippen molar-refractivity contribution in [2.45, 2.75) is 32.4 Å². The fraction of sp³-hybridized carbons (Fsp3) is 0.700. The summed E-state index contributed by atoms with van der Waals surface area (Å²) in [6.07, 6.45) is 4.67. The molecule has 1 saturated heterocycles. The quantitative estimate of drug-likeness (QED) is 0.688. The number of nitrogens with zero attached hydrogens (tertiary/aromatic N) is 2. The first-order chi connectivity index (χ1) is 6.34. The van der Waals surface area contributed by atoms with Gasteiger partial charge in [0.1, 0.15) is 5.76 Å². The maximum absolute atomic E-state index is 5.05. The summed E-state index contributed by atoms with van der Waals surface area (Å²) in [5.41, 5.74) is 1.26. The molecule has 0 amide bonds. The van der Waals surface area contributed by atoms with Crippen LogP contribution in [0.15, 0.2) is 10.7 Å². The lowest BCUT2D eigenvalue weighted by Gasteiger charge is -2.15. The molecule has 13 heavy (non-hydrogen) atoms. The van der Waals surface area contributed by atoms with Crippen molar-refractivity contribution in [3.63, 3.8) is 0 Å². The molecule has 2 aliphatic rings. The van der Waals surface area contributed by atoms with Gasteiger partial charge in [-0.05, 0) is 32.2 Å². The molecule has 3 rings (SSSR count). The van der Waals surface area contributed by atoms with E-state index < -0.39 is 0 Å². The summed E-state index contributed by atoms with van der Waals surface area (Å²) in [7, 11) is 0. The molecule has 0 bridgehead atoms. The van der Waals surface area contributed by atoms with Crippen LogP contribution in [0.2, 0.25) is 0 Å². The van der Waals surface area contributed by atoms with Crippen LogP contribution in [0.3, 0.4) is 0 Å². The molecule has 1 aliphatic heterocycles. The second-order valence-corrected chi connectivity index (χ2v) is 4.23. The normalized spacial score (nSPS) is 32.1. The maximum Gasteiger partial charge on any atom is 0.138 e. The molecule has 2 heterocycles.